The number of anilines is 2. The number of imidazole rings is 1. The predicted molar refractivity (Wildman–Crippen MR) is 135 cm³/mol. The van der Waals surface area contributed by atoms with Crippen molar-refractivity contribution in [3.8, 4) is 17.1 Å². The number of carboxylic acids is 1. The standard InChI is InChI=1S/C27H24N4O5/c32-25(33)16-36-21-5-1-17(2-6-21)26-28-23-8-4-20(14-24(23)29-26)31-15-18-13-19(3-7-22(18)27(31)34)30-9-11-35-12-10-30/h1-8,13-14H,9-12,15-16H2,(H,28,29)(H,32,33). The van der Waals surface area contributed by atoms with Crippen molar-refractivity contribution in [1.82, 2.24) is 9.97 Å². The summed E-state index contributed by atoms with van der Waals surface area (Å²) >= 11 is 0. The molecule has 9 nitrogen and oxygen atoms in total. The highest BCUT2D eigenvalue weighted by atomic mass is 16.5. The lowest BCUT2D eigenvalue weighted by molar-refractivity contribution is -0.139. The number of fused-ring (bicyclic) bond motifs is 2. The van der Waals surface area contributed by atoms with E-state index < -0.39 is 5.97 Å². The molecule has 2 N–H and O–H groups in total. The molecule has 1 saturated heterocycles. The summed E-state index contributed by atoms with van der Waals surface area (Å²) in [7, 11) is 0. The third-order valence-electron chi connectivity index (χ3n) is 6.54. The van der Waals surface area contributed by atoms with E-state index in [2.05, 4.69) is 20.9 Å². The van der Waals surface area contributed by atoms with Crippen LogP contribution >= 0.6 is 0 Å². The molecule has 0 aliphatic carbocycles. The number of carboxylic acid groups (broad SMARTS) is 1. The number of carbonyl (C=O) groups is 2. The molecule has 1 fully saturated rings. The van der Waals surface area contributed by atoms with Crippen LogP contribution in [0.1, 0.15) is 15.9 Å². The van der Waals surface area contributed by atoms with Crippen LogP contribution in [-0.2, 0) is 16.1 Å². The number of aromatic amines is 1. The van der Waals surface area contributed by atoms with Gasteiger partial charge in [0, 0.05) is 35.6 Å². The molecule has 3 heterocycles. The molecule has 0 atom stereocenters. The number of rotatable bonds is 6. The monoisotopic (exact) mass is 484 g/mol. The van der Waals surface area contributed by atoms with Gasteiger partial charge in [-0.25, -0.2) is 9.78 Å². The molecular weight excluding hydrogens is 460 g/mol. The lowest BCUT2D eigenvalue weighted by Crippen LogP contribution is -2.36. The molecule has 0 unspecified atom stereocenters. The van der Waals surface area contributed by atoms with Crippen LogP contribution in [-0.4, -0.2) is 59.9 Å². The maximum Gasteiger partial charge on any atom is 0.341 e. The van der Waals surface area contributed by atoms with Gasteiger partial charge in [0.05, 0.1) is 30.8 Å². The lowest BCUT2D eigenvalue weighted by Gasteiger charge is -2.29. The molecule has 1 aromatic heterocycles. The second-order valence-corrected chi connectivity index (χ2v) is 8.83. The Morgan fingerprint density at radius 3 is 2.58 bits per heavy atom. The van der Waals surface area contributed by atoms with Crippen LogP contribution < -0.4 is 14.5 Å². The number of ether oxygens (including phenoxy) is 2. The Morgan fingerprint density at radius 2 is 1.81 bits per heavy atom. The van der Waals surface area contributed by atoms with Gasteiger partial charge >= 0.3 is 5.97 Å². The number of amides is 1. The molecule has 4 aromatic rings. The Labute approximate surface area is 206 Å². The van der Waals surface area contributed by atoms with Crippen LogP contribution in [0.25, 0.3) is 22.4 Å². The van der Waals surface area contributed by atoms with Gasteiger partial charge < -0.3 is 29.4 Å². The number of morpholine rings is 1. The molecular formula is C27H24N4O5. The van der Waals surface area contributed by atoms with Crippen molar-refractivity contribution in [3.63, 3.8) is 0 Å². The van der Waals surface area contributed by atoms with Gasteiger partial charge in [-0.2, -0.15) is 0 Å². The molecule has 1 amide bonds. The first-order valence-electron chi connectivity index (χ1n) is 11.8. The number of nitrogens with one attached hydrogen (secondary N) is 1. The average Bonchev–Trinajstić information content (AvgIpc) is 3.48. The molecule has 182 valence electrons. The van der Waals surface area contributed by atoms with Crippen LogP contribution in [0, 0.1) is 0 Å². The zero-order chi connectivity index (χ0) is 24.6. The van der Waals surface area contributed by atoms with Crippen molar-refractivity contribution in [1.29, 1.82) is 0 Å². The van der Waals surface area contributed by atoms with Gasteiger partial charge in [-0.1, -0.05) is 0 Å². The van der Waals surface area contributed by atoms with Gasteiger partial charge in [-0.15, -0.1) is 0 Å². The number of aliphatic carboxylic acids is 1. The molecule has 0 bridgehead atoms. The van der Waals surface area contributed by atoms with Crippen molar-refractivity contribution in [3.05, 3.63) is 71.8 Å². The van der Waals surface area contributed by atoms with E-state index in [4.69, 9.17) is 14.6 Å². The van der Waals surface area contributed by atoms with E-state index in [1.165, 1.54) is 0 Å². The summed E-state index contributed by atoms with van der Waals surface area (Å²) in [4.78, 5) is 36.0. The summed E-state index contributed by atoms with van der Waals surface area (Å²) < 4.78 is 10.6. The fourth-order valence-electron chi connectivity index (χ4n) is 4.69. The molecule has 0 spiro atoms. The summed E-state index contributed by atoms with van der Waals surface area (Å²) in [5, 5.41) is 8.75. The number of hydrogen-bond donors (Lipinski definition) is 2. The van der Waals surface area contributed by atoms with Gasteiger partial charge in [0.1, 0.15) is 11.6 Å². The number of benzene rings is 3. The minimum absolute atomic E-state index is 0.00503. The number of nitrogens with zero attached hydrogens (tertiary/aromatic N) is 3. The third kappa shape index (κ3) is 4.14. The highest BCUT2D eigenvalue weighted by Gasteiger charge is 2.29. The van der Waals surface area contributed by atoms with Crippen molar-refractivity contribution in [2.45, 2.75) is 6.54 Å². The first kappa shape index (κ1) is 22.1. The highest BCUT2D eigenvalue weighted by Crippen LogP contribution is 2.33. The molecule has 2 aliphatic rings. The maximum atomic E-state index is 13.2. The van der Waals surface area contributed by atoms with E-state index in [9.17, 15) is 9.59 Å². The summed E-state index contributed by atoms with van der Waals surface area (Å²) in [5.41, 5.74) is 6.16. The number of carbonyl (C=O) groups excluding carboxylic acids is 1. The molecule has 36 heavy (non-hydrogen) atoms. The first-order valence-corrected chi connectivity index (χ1v) is 11.8. The van der Waals surface area contributed by atoms with E-state index in [0.717, 1.165) is 65.4 Å². The topological polar surface area (TPSA) is 108 Å². The minimum Gasteiger partial charge on any atom is -0.482 e. The molecule has 0 radical (unpaired) electrons. The molecule has 0 saturated carbocycles. The van der Waals surface area contributed by atoms with Gasteiger partial charge in [0.25, 0.3) is 5.91 Å². The first-order chi connectivity index (χ1) is 17.5. The summed E-state index contributed by atoms with van der Waals surface area (Å²) in [6, 6.07) is 18.9. The summed E-state index contributed by atoms with van der Waals surface area (Å²) in [6.07, 6.45) is 0. The van der Waals surface area contributed by atoms with E-state index in [1.54, 1.807) is 17.0 Å². The fourth-order valence-corrected chi connectivity index (χ4v) is 4.69. The van der Waals surface area contributed by atoms with Crippen molar-refractivity contribution >= 4 is 34.3 Å². The number of aromatic nitrogens is 2. The van der Waals surface area contributed by atoms with E-state index in [0.29, 0.717) is 18.1 Å². The smallest absolute Gasteiger partial charge is 0.341 e. The Hall–Kier alpha value is -4.37. The molecule has 3 aromatic carbocycles. The van der Waals surface area contributed by atoms with Crippen molar-refractivity contribution in [2.24, 2.45) is 0 Å². The molecule has 6 rings (SSSR count). The van der Waals surface area contributed by atoms with Crippen LogP contribution in [0.4, 0.5) is 11.4 Å². The van der Waals surface area contributed by atoms with Gasteiger partial charge in [-0.05, 0) is 66.2 Å². The van der Waals surface area contributed by atoms with E-state index in [-0.39, 0.29) is 12.5 Å². The second-order valence-electron chi connectivity index (χ2n) is 8.83. The Morgan fingerprint density at radius 1 is 1.03 bits per heavy atom. The van der Waals surface area contributed by atoms with Crippen molar-refractivity contribution in [2.75, 3.05) is 42.7 Å². The number of hydrogen-bond acceptors (Lipinski definition) is 6. The van der Waals surface area contributed by atoms with Gasteiger partial charge in [0.15, 0.2) is 6.61 Å². The normalized spacial score (nSPS) is 15.4. The Balaban J connectivity index is 1.22. The fraction of sp³-hybridized carbons (Fsp3) is 0.222. The second kappa shape index (κ2) is 9.01. The van der Waals surface area contributed by atoms with Gasteiger partial charge in [0.2, 0.25) is 0 Å². The lowest BCUT2D eigenvalue weighted by atomic mass is 10.1. The molecule has 9 heteroatoms. The van der Waals surface area contributed by atoms with Crippen molar-refractivity contribution < 1.29 is 24.2 Å². The SMILES string of the molecule is O=C(O)COc1ccc(-c2nc3ccc(N4Cc5cc(N6CCOCC6)ccc5C4=O)cc3[nH]2)cc1. The highest BCUT2D eigenvalue weighted by molar-refractivity contribution is 6.10. The van der Waals surface area contributed by atoms with E-state index in [1.807, 2.05) is 42.5 Å². The maximum absolute atomic E-state index is 13.2. The summed E-state index contributed by atoms with van der Waals surface area (Å²) in [6.45, 7) is 3.28. The zero-order valence-electron chi connectivity index (χ0n) is 19.4. The predicted octanol–water partition coefficient (Wildman–Crippen LogP) is 3.69. The third-order valence-corrected chi connectivity index (χ3v) is 6.54. The number of H-pyrrole nitrogens is 1. The van der Waals surface area contributed by atoms with E-state index >= 15 is 0 Å². The van der Waals surface area contributed by atoms with Gasteiger partial charge in [-0.3, -0.25) is 4.79 Å². The van der Waals surface area contributed by atoms with Crippen LogP contribution in [0.3, 0.4) is 0 Å². The summed E-state index contributed by atoms with van der Waals surface area (Å²) in [5.74, 6) is 0.125. The Kier molecular flexibility index (Phi) is 5.54. The Bertz CT molecular complexity index is 1460. The quantitative estimate of drug-likeness (QED) is 0.430. The average molecular weight is 485 g/mol. The zero-order valence-corrected chi connectivity index (χ0v) is 19.4. The van der Waals surface area contributed by atoms with Crippen LogP contribution in [0.2, 0.25) is 0 Å². The molecule has 2 aliphatic heterocycles. The largest absolute Gasteiger partial charge is 0.482 e. The van der Waals surface area contributed by atoms with Crippen LogP contribution in [0.15, 0.2) is 60.7 Å². The van der Waals surface area contributed by atoms with Crippen LogP contribution in [0.5, 0.6) is 5.75 Å². The minimum atomic E-state index is -1.02.